The van der Waals surface area contributed by atoms with Crippen molar-refractivity contribution in [1.29, 1.82) is 0 Å². The van der Waals surface area contributed by atoms with Gasteiger partial charge in [-0.3, -0.25) is 4.79 Å². The summed E-state index contributed by atoms with van der Waals surface area (Å²) in [6.07, 6.45) is 0. The number of benzene rings is 3. The van der Waals surface area contributed by atoms with Crippen molar-refractivity contribution >= 4 is 22.6 Å². The first-order chi connectivity index (χ1) is 13.1. The number of amides is 1. The molecular weight excluding hydrogens is 338 g/mol. The molecule has 134 valence electrons. The fourth-order valence-electron chi connectivity index (χ4n) is 3.01. The lowest BCUT2D eigenvalue weighted by atomic mass is 10.1. The molecule has 0 fully saturated rings. The molecule has 5 nitrogen and oxygen atoms in total. The SMILES string of the molecule is COc1cccc(C(=O)Nc2ccccc2-c2nc3ccc(C)cc3[nH]2)c1. The Labute approximate surface area is 157 Å². The third-order valence-electron chi connectivity index (χ3n) is 4.40. The number of fused-ring (bicyclic) bond motifs is 1. The number of ether oxygens (including phenoxy) is 1. The van der Waals surface area contributed by atoms with Gasteiger partial charge in [0.05, 0.1) is 23.8 Å². The number of hydrogen-bond acceptors (Lipinski definition) is 3. The van der Waals surface area contributed by atoms with Gasteiger partial charge in [-0.1, -0.05) is 24.3 Å². The van der Waals surface area contributed by atoms with Crippen LogP contribution in [0.4, 0.5) is 5.69 Å². The summed E-state index contributed by atoms with van der Waals surface area (Å²) in [7, 11) is 1.58. The highest BCUT2D eigenvalue weighted by atomic mass is 16.5. The molecule has 1 amide bonds. The van der Waals surface area contributed by atoms with Crippen LogP contribution in [-0.4, -0.2) is 23.0 Å². The lowest BCUT2D eigenvalue weighted by molar-refractivity contribution is 0.102. The van der Waals surface area contributed by atoms with Crippen molar-refractivity contribution in [1.82, 2.24) is 9.97 Å². The van der Waals surface area contributed by atoms with E-state index in [2.05, 4.69) is 21.4 Å². The van der Waals surface area contributed by atoms with Gasteiger partial charge in [0.2, 0.25) is 0 Å². The Bertz CT molecular complexity index is 1130. The molecular formula is C22H19N3O2. The maximum atomic E-state index is 12.7. The van der Waals surface area contributed by atoms with E-state index >= 15 is 0 Å². The first-order valence-corrected chi connectivity index (χ1v) is 8.65. The molecule has 0 saturated heterocycles. The van der Waals surface area contributed by atoms with Gasteiger partial charge < -0.3 is 15.0 Å². The number of para-hydroxylation sites is 1. The molecule has 0 aliphatic heterocycles. The second-order valence-corrected chi connectivity index (χ2v) is 6.34. The zero-order valence-electron chi connectivity index (χ0n) is 15.1. The van der Waals surface area contributed by atoms with Crippen molar-refractivity contribution in [3.63, 3.8) is 0 Å². The molecule has 0 spiro atoms. The highest BCUT2D eigenvalue weighted by molar-refractivity contribution is 6.06. The summed E-state index contributed by atoms with van der Waals surface area (Å²) in [5, 5.41) is 2.98. The fourth-order valence-corrected chi connectivity index (χ4v) is 3.01. The Morgan fingerprint density at radius 3 is 2.74 bits per heavy atom. The highest BCUT2D eigenvalue weighted by Crippen LogP contribution is 2.28. The number of aromatic nitrogens is 2. The summed E-state index contributed by atoms with van der Waals surface area (Å²) in [5.41, 5.74) is 5.09. The maximum Gasteiger partial charge on any atom is 0.255 e. The maximum absolute atomic E-state index is 12.7. The normalized spacial score (nSPS) is 10.7. The highest BCUT2D eigenvalue weighted by Gasteiger charge is 2.13. The molecule has 1 heterocycles. The predicted molar refractivity (Wildman–Crippen MR) is 107 cm³/mol. The van der Waals surface area contributed by atoms with Crippen molar-refractivity contribution in [2.75, 3.05) is 12.4 Å². The molecule has 0 bridgehead atoms. The van der Waals surface area contributed by atoms with Gasteiger partial charge in [-0.05, 0) is 55.0 Å². The van der Waals surface area contributed by atoms with Crippen LogP contribution in [-0.2, 0) is 0 Å². The van der Waals surface area contributed by atoms with Crippen LogP contribution in [0.3, 0.4) is 0 Å². The summed E-state index contributed by atoms with van der Waals surface area (Å²) in [6, 6.07) is 20.8. The largest absolute Gasteiger partial charge is 0.497 e. The van der Waals surface area contributed by atoms with E-state index in [1.807, 2.05) is 43.3 Å². The third kappa shape index (κ3) is 3.40. The van der Waals surface area contributed by atoms with Crippen molar-refractivity contribution in [3.05, 3.63) is 77.9 Å². The van der Waals surface area contributed by atoms with Crippen LogP contribution in [0.2, 0.25) is 0 Å². The number of aryl methyl sites for hydroxylation is 1. The molecule has 0 radical (unpaired) electrons. The van der Waals surface area contributed by atoms with E-state index in [1.165, 1.54) is 0 Å². The van der Waals surface area contributed by atoms with Gasteiger partial charge in [-0.2, -0.15) is 0 Å². The van der Waals surface area contributed by atoms with E-state index in [1.54, 1.807) is 31.4 Å². The molecule has 0 saturated carbocycles. The molecule has 1 aromatic heterocycles. The zero-order valence-corrected chi connectivity index (χ0v) is 15.1. The topological polar surface area (TPSA) is 67.0 Å². The number of rotatable bonds is 4. The van der Waals surface area contributed by atoms with E-state index in [0.717, 1.165) is 28.0 Å². The van der Waals surface area contributed by atoms with Crippen LogP contribution in [0, 0.1) is 6.92 Å². The smallest absolute Gasteiger partial charge is 0.255 e. The molecule has 0 aliphatic carbocycles. The van der Waals surface area contributed by atoms with Crippen molar-refractivity contribution in [2.24, 2.45) is 0 Å². The molecule has 3 aromatic carbocycles. The van der Waals surface area contributed by atoms with Crippen LogP contribution >= 0.6 is 0 Å². The zero-order chi connectivity index (χ0) is 18.8. The van der Waals surface area contributed by atoms with Crippen LogP contribution < -0.4 is 10.1 Å². The van der Waals surface area contributed by atoms with Crippen LogP contribution in [0.1, 0.15) is 15.9 Å². The van der Waals surface area contributed by atoms with E-state index in [9.17, 15) is 4.79 Å². The number of carbonyl (C=O) groups is 1. The second kappa shape index (κ2) is 6.96. The molecule has 4 rings (SSSR count). The fraction of sp³-hybridized carbons (Fsp3) is 0.0909. The molecule has 0 aliphatic rings. The lowest BCUT2D eigenvalue weighted by Crippen LogP contribution is -2.12. The van der Waals surface area contributed by atoms with Gasteiger partial charge in [-0.25, -0.2) is 4.98 Å². The summed E-state index contributed by atoms with van der Waals surface area (Å²) < 4.78 is 5.20. The standard InChI is InChI=1S/C22H19N3O2/c1-14-10-11-19-20(12-14)24-21(23-19)17-8-3-4-9-18(17)25-22(26)15-6-5-7-16(13-15)27-2/h3-13H,1-2H3,(H,23,24)(H,25,26). The summed E-state index contributed by atoms with van der Waals surface area (Å²) >= 11 is 0. The molecule has 0 atom stereocenters. The van der Waals surface area contributed by atoms with Gasteiger partial charge in [0.25, 0.3) is 5.91 Å². The lowest BCUT2D eigenvalue weighted by Gasteiger charge is -2.10. The van der Waals surface area contributed by atoms with E-state index in [4.69, 9.17) is 4.74 Å². The Morgan fingerprint density at radius 1 is 1.04 bits per heavy atom. The van der Waals surface area contributed by atoms with Gasteiger partial charge in [-0.15, -0.1) is 0 Å². The summed E-state index contributed by atoms with van der Waals surface area (Å²) in [5.74, 6) is 1.16. The number of H-pyrrole nitrogens is 1. The number of imidazole rings is 1. The van der Waals surface area contributed by atoms with Crippen LogP contribution in [0.25, 0.3) is 22.4 Å². The monoisotopic (exact) mass is 357 g/mol. The minimum Gasteiger partial charge on any atom is -0.497 e. The van der Waals surface area contributed by atoms with Gasteiger partial charge in [0.1, 0.15) is 11.6 Å². The van der Waals surface area contributed by atoms with Gasteiger partial charge in [0, 0.05) is 11.1 Å². The Morgan fingerprint density at radius 2 is 1.89 bits per heavy atom. The van der Waals surface area contributed by atoms with Gasteiger partial charge in [0.15, 0.2) is 0 Å². The average Bonchev–Trinajstić information content (AvgIpc) is 3.11. The Balaban J connectivity index is 1.69. The van der Waals surface area contributed by atoms with Crippen molar-refractivity contribution in [3.8, 4) is 17.1 Å². The first kappa shape index (κ1) is 16.8. The second-order valence-electron chi connectivity index (χ2n) is 6.34. The molecule has 5 heteroatoms. The van der Waals surface area contributed by atoms with E-state index in [0.29, 0.717) is 17.0 Å². The van der Waals surface area contributed by atoms with Crippen LogP contribution in [0.15, 0.2) is 66.7 Å². The number of carbonyl (C=O) groups excluding carboxylic acids is 1. The number of anilines is 1. The van der Waals surface area contributed by atoms with Crippen molar-refractivity contribution in [2.45, 2.75) is 6.92 Å². The quantitative estimate of drug-likeness (QED) is 0.551. The Kier molecular flexibility index (Phi) is 4.34. The predicted octanol–water partition coefficient (Wildman–Crippen LogP) is 4.80. The molecule has 0 unspecified atom stereocenters. The minimum absolute atomic E-state index is 0.201. The minimum atomic E-state index is -0.201. The van der Waals surface area contributed by atoms with E-state index < -0.39 is 0 Å². The number of nitrogens with zero attached hydrogens (tertiary/aromatic N) is 1. The number of aromatic amines is 1. The number of nitrogens with one attached hydrogen (secondary N) is 2. The van der Waals surface area contributed by atoms with Gasteiger partial charge >= 0.3 is 0 Å². The third-order valence-corrected chi connectivity index (χ3v) is 4.40. The molecule has 4 aromatic rings. The van der Waals surface area contributed by atoms with Crippen molar-refractivity contribution < 1.29 is 9.53 Å². The summed E-state index contributed by atoms with van der Waals surface area (Å²) in [6.45, 7) is 2.04. The van der Waals surface area contributed by atoms with Crippen LogP contribution in [0.5, 0.6) is 5.75 Å². The Hall–Kier alpha value is -3.60. The number of methoxy groups -OCH3 is 1. The molecule has 2 N–H and O–H groups in total. The summed E-state index contributed by atoms with van der Waals surface area (Å²) in [4.78, 5) is 20.7. The first-order valence-electron chi connectivity index (χ1n) is 8.65. The number of hydrogen-bond donors (Lipinski definition) is 2. The average molecular weight is 357 g/mol. The van der Waals surface area contributed by atoms with E-state index in [-0.39, 0.29) is 5.91 Å². The molecule has 27 heavy (non-hydrogen) atoms.